The number of halogens is 1. The highest BCUT2D eigenvalue weighted by molar-refractivity contribution is 5.72. The molecule has 1 fully saturated rings. The van der Waals surface area contributed by atoms with Crippen LogP contribution in [-0.4, -0.2) is 25.0 Å². The Kier molecular flexibility index (Phi) is 4.71. The van der Waals surface area contributed by atoms with Gasteiger partial charge in [0.1, 0.15) is 0 Å². The molecule has 1 aliphatic carbocycles. The first-order chi connectivity index (χ1) is 7.44. The standard InChI is InChI=1S/C12H21FO3/c1-4-15-11(14)10(13)16-9-5-7-12(2,3)8-6-9/h9-10H,4-8H2,1-3H3. The van der Waals surface area contributed by atoms with Crippen molar-refractivity contribution in [1.29, 1.82) is 0 Å². The van der Waals surface area contributed by atoms with Crippen LogP contribution in [0.3, 0.4) is 0 Å². The van der Waals surface area contributed by atoms with Gasteiger partial charge in [0.25, 0.3) is 6.36 Å². The quantitative estimate of drug-likeness (QED) is 0.699. The van der Waals surface area contributed by atoms with E-state index < -0.39 is 12.3 Å². The van der Waals surface area contributed by atoms with Crippen molar-refractivity contribution < 1.29 is 18.7 Å². The summed E-state index contributed by atoms with van der Waals surface area (Å²) < 4.78 is 22.9. The van der Waals surface area contributed by atoms with E-state index in [2.05, 4.69) is 18.6 Å². The van der Waals surface area contributed by atoms with E-state index in [1.807, 2.05) is 0 Å². The molecule has 0 saturated heterocycles. The second-order valence-electron chi connectivity index (χ2n) is 5.07. The molecule has 0 aromatic heterocycles. The average Bonchev–Trinajstić information content (AvgIpc) is 2.21. The van der Waals surface area contributed by atoms with Gasteiger partial charge in [-0.25, -0.2) is 9.18 Å². The van der Waals surface area contributed by atoms with Gasteiger partial charge in [0.2, 0.25) is 0 Å². The second kappa shape index (κ2) is 5.62. The smallest absolute Gasteiger partial charge is 0.368 e. The first kappa shape index (κ1) is 13.4. The van der Waals surface area contributed by atoms with Gasteiger partial charge < -0.3 is 9.47 Å². The topological polar surface area (TPSA) is 35.5 Å². The third-order valence-electron chi connectivity index (χ3n) is 3.07. The third-order valence-corrected chi connectivity index (χ3v) is 3.07. The van der Waals surface area contributed by atoms with Crippen LogP contribution in [0.4, 0.5) is 4.39 Å². The Labute approximate surface area is 96.3 Å². The molecule has 0 aliphatic heterocycles. The van der Waals surface area contributed by atoms with E-state index >= 15 is 0 Å². The highest BCUT2D eigenvalue weighted by Gasteiger charge is 2.31. The number of carbonyl (C=O) groups is 1. The van der Waals surface area contributed by atoms with Gasteiger partial charge in [-0.2, -0.15) is 0 Å². The van der Waals surface area contributed by atoms with E-state index in [1.165, 1.54) is 0 Å². The van der Waals surface area contributed by atoms with Gasteiger partial charge in [0, 0.05) is 0 Å². The Morgan fingerprint density at radius 1 is 1.44 bits per heavy atom. The lowest BCUT2D eigenvalue weighted by molar-refractivity contribution is -0.179. The van der Waals surface area contributed by atoms with Crippen LogP contribution in [0, 0.1) is 5.41 Å². The summed E-state index contributed by atoms with van der Waals surface area (Å²) in [6.07, 6.45) is 1.57. The van der Waals surface area contributed by atoms with E-state index in [0.29, 0.717) is 5.41 Å². The molecule has 1 aliphatic rings. The number of hydrogen-bond donors (Lipinski definition) is 0. The molecule has 94 valence electrons. The number of ether oxygens (including phenoxy) is 2. The van der Waals surface area contributed by atoms with Crippen LogP contribution in [0.1, 0.15) is 46.5 Å². The summed E-state index contributed by atoms with van der Waals surface area (Å²) in [5, 5.41) is 0. The molecular weight excluding hydrogens is 211 g/mol. The molecule has 1 atom stereocenters. The minimum Gasteiger partial charge on any atom is -0.462 e. The van der Waals surface area contributed by atoms with Crippen LogP contribution in [0.5, 0.6) is 0 Å². The van der Waals surface area contributed by atoms with Crippen molar-refractivity contribution in [2.45, 2.75) is 58.9 Å². The van der Waals surface area contributed by atoms with Crippen molar-refractivity contribution >= 4 is 5.97 Å². The zero-order valence-electron chi connectivity index (χ0n) is 10.3. The number of hydrogen-bond acceptors (Lipinski definition) is 3. The van der Waals surface area contributed by atoms with Crippen LogP contribution >= 0.6 is 0 Å². The van der Waals surface area contributed by atoms with Crippen molar-refractivity contribution in [3.63, 3.8) is 0 Å². The maximum Gasteiger partial charge on any atom is 0.368 e. The second-order valence-corrected chi connectivity index (χ2v) is 5.07. The molecular formula is C12H21FO3. The van der Waals surface area contributed by atoms with Crippen molar-refractivity contribution in [2.24, 2.45) is 5.41 Å². The van der Waals surface area contributed by atoms with E-state index in [9.17, 15) is 9.18 Å². The minimum atomic E-state index is -1.92. The van der Waals surface area contributed by atoms with Gasteiger partial charge in [-0.1, -0.05) is 13.8 Å². The summed E-state index contributed by atoms with van der Waals surface area (Å²) in [5.74, 6) is -0.910. The summed E-state index contributed by atoms with van der Waals surface area (Å²) >= 11 is 0. The molecule has 0 bridgehead atoms. The van der Waals surface area contributed by atoms with Gasteiger partial charge in [0.15, 0.2) is 0 Å². The van der Waals surface area contributed by atoms with Gasteiger partial charge >= 0.3 is 5.97 Å². The Balaban J connectivity index is 2.30. The average molecular weight is 232 g/mol. The molecule has 0 N–H and O–H groups in total. The summed E-state index contributed by atoms with van der Waals surface area (Å²) in [4.78, 5) is 11.0. The van der Waals surface area contributed by atoms with Crippen LogP contribution in [-0.2, 0) is 14.3 Å². The zero-order valence-corrected chi connectivity index (χ0v) is 10.3. The van der Waals surface area contributed by atoms with Crippen molar-refractivity contribution in [3.8, 4) is 0 Å². The molecule has 0 aromatic rings. The lowest BCUT2D eigenvalue weighted by atomic mass is 9.76. The molecule has 0 radical (unpaired) electrons. The number of rotatable bonds is 4. The van der Waals surface area contributed by atoms with E-state index in [-0.39, 0.29) is 12.7 Å². The highest BCUT2D eigenvalue weighted by atomic mass is 19.1. The molecule has 0 aromatic carbocycles. The molecule has 1 unspecified atom stereocenters. The Bertz CT molecular complexity index is 230. The molecule has 0 amide bonds. The molecule has 0 spiro atoms. The predicted octanol–water partition coefficient (Wildman–Crippen LogP) is 2.83. The summed E-state index contributed by atoms with van der Waals surface area (Å²) in [7, 11) is 0. The zero-order chi connectivity index (χ0) is 12.2. The van der Waals surface area contributed by atoms with Crippen LogP contribution < -0.4 is 0 Å². The summed E-state index contributed by atoms with van der Waals surface area (Å²) in [5.41, 5.74) is 0.315. The third kappa shape index (κ3) is 4.08. The molecule has 4 heteroatoms. The molecule has 3 nitrogen and oxygen atoms in total. The molecule has 0 heterocycles. The molecule has 1 rings (SSSR count). The van der Waals surface area contributed by atoms with Crippen LogP contribution in [0.2, 0.25) is 0 Å². The Hall–Kier alpha value is -0.640. The number of alkyl halides is 1. The lowest BCUT2D eigenvalue weighted by Gasteiger charge is -2.34. The van der Waals surface area contributed by atoms with Crippen LogP contribution in [0.15, 0.2) is 0 Å². The predicted molar refractivity (Wildman–Crippen MR) is 58.7 cm³/mol. The Morgan fingerprint density at radius 3 is 2.50 bits per heavy atom. The van der Waals surface area contributed by atoms with Gasteiger partial charge in [-0.3, -0.25) is 0 Å². The minimum absolute atomic E-state index is 0.146. The van der Waals surface area contributed by atoms with Crippen LogP contribution in [0.25, 0.3) is 0 Å². The van der Waals surface area contributed by atoms with E-state index in [0.717, 1.165) is 25.7 Å². The number of esters is 1. The number of carbonyl (C=O) groups excluding carboxylic acids is 1. The molecule has 16 heavy (non-hydrogen) atoms. The fourth-order valence-corrected chi connectivity index (χ4v) is 1.94. The largest absolute Gasteiger partial charge is 0.462 e. The van der Waals surface area contributed by atoms with Gasteiger partial charge in [0.05, 0.1) is 12.7 Å². The fourth-order valence-electron chi connectivity index (χ4n) is 1.94. The van der Waals surface area contributed by atoms with E-state index in [4.69, 9.17) is 4.74 Å². The summed E-state index contributed by atoms with van der Waals surface area (Å²) in [6, 6.07) is 0. The lowest BCUT2D eigenvalue weighted by Crippen LogP contribution is -2.32. The fraction of sp³-hybridized carbons (Fsp3) is 0.917. The first-order valence-electron chi connectivity index (χ1n) is 5.91. The van der Waals surface area contributed by atoms with Crippen molar-refractivity contribution in [3.05, 3.63) is 0 Å². The SMILES string of the molecule is CCOC(=O)C(F)OC1CCC(C)(C)CC1. The van der Waals surface area contributed by atoms with Crippen molar-refractivity contribution in [2.75, 3.05) is 6.61 Å². The van der Waals surface area contributed by atoms with Gasteiger partial charge in [-0.15, -0.1) is 0 Å². The Morgan fingerprint density at radius 2 is 2.00 bits per heavy atom. The maximum atomic E-state index is 13.3. The van der Waals surface area contributed by atoms with E-state index in [1.54, 1.807) is 6.92 Å². The normalized spacial score (nSPS) is 22.8. The highest BCUT2D eigenvalue weighted by Crippen LogP contribution is 2.36. The first-order valence-corrected chi connectivity index (χ1v) is 5.91. The van der Waals surface area contributed by atoms with Gasteiger partial charge in [-0.05, 0) is 38.0 Å². The maximum absolute atomic E-state index is 13.3. The monoisotopic (exact) mass is 232 g/mol. The summed E-state index contributed by atoms with van der Waals surface area (Å²) in [6.45, 7) is 6.22. The van der Waals surface area contributed by atoms with Crippen molar-refractivity contribution in [1.82, 2.24) is 0 Å². The molecule has 1 saturated carbocycles.